The maximum Gasteiger partial charge on any atom is 0.251 e. The lowest BCUT2D eigenvalue weighted by Gasteiger charge is -2.20. The van der Waals surface area contributed by atoms with Gasteiger partial charge < -0.3 is 14.8 Å². The first-order valence-electron chi connectivity index (χ1n) is 9.61. The number of carbonyl (C=O) groups excluding carboxylic acids is 1. The van der Waals surface area contributed by atoms with Crippen LogP contribution in [0.1, 0.15) is 35.3 Å². The Morgan fingerprint density at radius 2 is 1.82 bits per heavy atom. The summed E-state index contributed by atoms with van der Waals surface area (Å²) in [6, 6.07) is 13.4. The number of ether oxygens (including phenoxy) is 2. The fraction of sp³-hybridized carbons (Fsp3) is 0.348. The smallest absolute Gasteiger partial charge is 0.251 e. The molecule has 2 aromatic rings. The van der Waals surface area contributed by atoms with Crippen molar-refractivity contribution in [3.05, 3.63) is 71.8 Å². The predicted molar refractivity (Wildman–Crippen MR) is 113 cm³/mol. The number of amides is 1. The average Bonchev–Trinajstić information content (AvgIpc) is 2.74. The number of nitrogens with one attached hydrogen (secondary N) is 1. The van der Waals surface area contributed by atoms with Crippen LogP contribution in [0.5, 0.6) is 11.5 Å². The van der Waals surface area contributed by atoms with E-state index >= 15 is 0 Å². The minimum absolute atomic E-state index is 0.147. The minimum Gasteiger partial charge on any atom is -0.493 e. The summed E-state index contributed by atoms with van der Waals surface area (Å²) in [7, 11) is 1.56. The van der Waals surface area contributed by atoms with E-state index in [2.05, 4.69) is 42.8 Å². The monoisotopic (exact) mass is 382 g/mol. The molecule has 0 atom stereocenters. The van der Waals surface area contributed by atoms with Gasteiger partial charge in [0.2, 0.25) is 0 Å². The van der Waals surface area contributed by atoms with Crippen molar-refractivity contribution in [1.82, 2.24) is 10.2 Å². The summed E-state index contributed by atoms with van der Waals surface area (Å²) in [4.78, 5) is 15.0. The second-order valence-corrected chi connectivity index (χ2v) is 6.38. The number of hydrogen-bond donors (Lipinski definition) is 1. The van der Waals surface area contributed by atoms with Gasteiger partial charge in [0, 0.05) is 18.7 Å². The largest absolute Gasteiger partial charge is 0.493 e. The molecule has 0 unspecified atom stereocenters. The number of benzene rings is 2. The third kappa shape index (κ3) is 5.86. The lowest BCUT2D eigenvalue weighted by atomic mass is 10.1. The molecule has 0 spiro atoms. The first-order valence-corrected chi connectivity index (χ1v) is 9.61. The molecule has 0 bridgehead atoms. The maximum absolute atomic E-state index is 12.6. The average molecular weight is 383 g/mol. The van der Waals surface area contributed by atoms with E-state index < -0.39 is 0 Å². The molecule has 0 heterocycles. The highest BCUT2D eigenvalue weighted by Gasteiger charge is 2.12. The van der Waals surface area contributed by atoms with Gasteiger partial charge in [-0.1, -0.05) is 50.8 Å². The van der Waals surface area contributed by atoms with Crippen molar-refractivity contribution in [3.63, 3.8) is 0 Å². The molecule has 0 aliphatic carbocycles. The molecule has 5 heteroatoms. The predicted octanol–water partition coefficient (Wildman–Crippen LogP) is 4.03. The van der Waals surface area contributed by atoms with Gasteiger partial charge in [-0.25, -0.2) is 0 Å². The second-order valence-electron chi connectivity index (χ2n) is 6.38. The van der Waals surface area contributed by atoms with Crippen molar-refractivity contribution in [2.45, 2.75) is 26.9 Å². The summed E-state index contributed by atoms with van der Waals surface area (Å²) < 4.78 is 10.9. The van der Waals surface area contributed by atoms with Gasteiger partial charge in [-0.2, -0.15) is 0 Å². The van der Waals surface area contributed by atoms with Crippen molar-refractivity contribution in [3.8, 4) is 11.5 Å². The van der Waals surface area contributed by atoms with E-state index in [9.17, 15) is 4.79 Å². The molecule has 5 nitrogen and oxygen atoms in total. The van der Waals surface area contributed by atoms with Crippen LogP contribution in [0.15, 0.2) is 55.1 Å². The van der Waals surface area contributed by atoms with Gasteiger partial charge in [-0.15, -0.1) is 0 Å². The molecule has 0 aliphatic heterocycles. The highest BCUT2D eigenvalue weighted by atomic mass is 16.5. The Bertz CT molecular complexity index is 785. The van der Waals surface area contributed by atoms with Crippen LogP contribution < -0.4 is 14.8 Å². The molecule has 0 aromatic heterocycles. The van der Waals surface area contributed by atoms with Gasteiger partial charge in [0.15, 0.2) is 11.5 Å². The van der Waals surface area contributed by atoms with Gasteiger partial charge in [0.25, 0.3) is 5.91 Å². The summed E-state index contributed by atoms with van der Waals surface area (Å²) in [5, 5.41) is 3.01. The second kappa shape index (κ2) is 11.1. The van der Waals surface area contributed by atoms with Gasteiger partial charge in [0.1, 0.15) is 6.61 Å². The molecule has 0 fully saturated rings. The molecule has 0 radical (unpaired) electrons. The van der Waals surface area contributed by atoms with Crippen LogP contribution in [0.4, 0.5) is 0 Å². The highest BCUT2D eigenvalue weighted by Crippen LogP contribution is 2.28. The Morgan fingerprint density at radius 3 is 2.46 bits per heavy atom. The normalized spacial score (nSPS) is 10.6. The maximum atomic E-state index is 12.6. The molecule has 1 N–H and O–H groups in total. The molecule has 1 amide bonds. The number of nitrogens with zero attached hydrogens (tertiary/aromatic N) is 1. The van der Waals surface area contributed by atoms with Crippen molar-refractivity contribution < 1.29 is 14.3 Å². The van der Waals surface area contributed by atoms with E-state index in [1.807, 2.05) is 12.1 Å². The summed E-state index contributed by atoms with van der Waals surface area (Å²) >= 11 is 0. The number of hydrogen-bond acceptors (Lipinski definition) is 4. The molecule has 0 saturated heterocycles. The minimum atomic E-state index is -0.147. The third-order valence-corrected chi connectivity index (χ3v) is 4.63. The number of carbonyl (C=O) groups is 1. The summed E-state index contributed by atoms with van der Waals surface area (Å²) in [5.41, 5.74) is 2.89. The third-order valence-electron chi connectivity index (χ3n) is 4.63. The van der Waals surface area contributed by atoms with E-state index in [1.54, 1.807) is 31.4 Å². The molecule has 0 saturated carbocycles. The van der Waals surface area contributed by atoms with Crippen molar-refractivity contribution in [2.75, 3.05) is 26.8 Å². The van der Waals surface area contributed by atoms with E-state index in [-0.39, 0.29) is 5.91 Å². The van der Waals surface area contributed by atoms with Gasteiger partial charge in [-0.3, -0.25) is 9.69 Å². The fourth-order valence-electron chi connectivity index (χ4n) is 2.93. The van der Waals surface area contributed by atoms with Crippen LogP contribution in [-0.4, -0.2) is 37.6 Å². The zero-order valence-corrected chi connectivity index (χ0v) is 17.0. The van der Waals surface area contributed by atoms with Crippen molar-refractivity contribution in [2.24, 2.45) is 0 Å². The van der Waals surface area contributed by atoms with Gasteiger partial charge in [-0.05, 0) is 42.4 Å². The van der Waals surface area contributed by atoms with E-state index in [4.69, 9.17) is 9.47 Å². The SMILES string of the molecule is C=CCOc1ccc(C(=O)NCc2ccccc2CN(CC)CC)cc1OC. The summed E-state index contributed by atoms with van der Waals surface area (Å²) in [5.74, 6) is 0.964. The van der Waals surface area contributed by atoms with E-state index in [0.29, 0.717) is 30.2 Å². The van der Waals surface area contributed by atoms with Crippen molar-refractivity contribution >= 4 is 5.91 Å². The number of methoxy groups -OCH3 is 1. The number of rotatable bonds is 11. The summed E-state index contributed by atoms with van der Waals surface area (Å²) in [6.45, 7) is 11.7. The molecule has 0 aliphatic rings. The van der Waals surface area contributed by atoms with Crippen LogP contribution in [-0.2, 0) is 13.1 Å². The first kappa shape index (κ1) is 21.5. The van der Waals surface area contributed by atoms with E-state index in [0.717, 1.165) is 25.2 Å². The standard InChI is InChI=1S/C23H30N2O3/c1-5-14-28-21-13-12-18(15-22(21)27-4)23(26)24-16-19-10-8-9-11-20(19)17-25(6-2)7-3/h5,8-13,15H,1,6-7,14,16-17H2,2-4H3,(H,24,26). The molecule has 28 heavy (non-hydrogen) atoms. The van der Waals surface area contributed by atoms with Gasteiger partial charge >= 0.3 is 0 Å². The van der Waals surface area contributed by atoms with Crippen LogP contribution in [0, 0.1) is 0 Å². The molecular weight excluding hydrogens is 352 g/mol. The Labute approximate surface area is 168 Å². The molecule has 2 aromatic carbocycles. The summed E-state index contributed by atoms with van der Waals surface area (Å²) in [6.07, 6.45) is 1.66. The topological polar surface area (TPSA) is 50.8 Å². The van der Waals surface area contributed by atoms with Crippen LogP contribution in [0.25, 0.3) is 0 Å². The van der Waals surface area contributed by atoms with Crippen LogP contribution in [0.2, 0.25) is 0 Å². The van der Waals surface area contributed by atoms with Gasteiger partial charge in [0.05, 0.1) is 7.11 Å². The quantitative estimate of drug-likeness (QED) is 0.596. The van der Waals surface area contributed by atoms with Crippen LogP contribution >= 0.6 is 0 Å². The van der Waals surface area contributed by atoms with Crippen LogP contribution in [0.3, 0.4) is 0 Å². The Hall–Kier alpha value is -2.79. The fourth-order valence-corrected chi connectivity index (χ4v) is 2.93. The van der Waals surface area contributed by atoms with Crippen molar-refractivity contribution in [1.29, 1.82) is 0 Å². The first-order chi connectivity index (χ1) is 13.6. The molecule has 150 valence electrons. The molecular formula is C23H30N2O3. The zero-order valence-electron chi connectivity index (χ0n) is 17.0. The highest BCUT2D eigenvalue weighted by molar-refractivity contribution is 5.94. The lowest BCUT2D eigenvalue weighted by Crippen LogP contribution is -2.26. The molecule has 2 rings (SSSR count). The Morgan fingerprint density at radius 1 is 1.11 bits per heavy atom. The lowest BCUT2D eigenvalue weighted by molar-refractivity contribution is 0.0950. The Kier molecular flexibility index (Phi) is 8.56. The van der Waals surface area contributed by atoms with E-state index in [1.165, 1.54) is 5.56 Å². The zero-order chi connectivity index (χ0) is 20.4. The Balaban J connectivity index is 2.07.